The van der Waals surface area contributed by atoms with Gasteiger partial charge in [-0.3, -0.25) is 24.8 Å². The van der Waals surface area contributed by atoms with Gasteiger partial charge in [-0.15, -0.1) is 12.4 Å². The summed E-state index contributed by atoms with van der Waals surface area (Å²) in [6.07, 6.45) is 9.74. The van der Waals surface area contributed by atoms with Gasteiger partial charge in [0.1, 0.15) is 29.5 Å². The predicted molar refractivity (Wildman–Crippen MR) is 235 cm³/mol. The van der Waals surface area contributed by atoms with E-state index in [4.69, 9.17) is 10.00 Å². The molecule has 6 heterocycles. The molecule has 2 unspecified atom stereocenters. The molecule has 5 N–H and O–H groups in total. The lowest BCUT2D eigenvalue weighted by Gasteiger charge is -2.11. The molecule has 0 saturated carbocycles. The molecule has 20 nitrogen and oxygen atoms in total. The number of aromatic nitrogens is 6. The van der Waals surface area contributed by atoms with Gasteiger partial charge in [0.25, 0.3) is 5.69 Å². The van der Waals surface area contributed by atoms with Crippen molar-refractivity contribution in [3.8, 4) is 40.1 Å². The molecule has 2 atom stereocenters. The van der Waals surface area contributed by atoms with Crippen molar-refractivity contribution in [1.82, 2.24) is 40.6 Å². The summed E-state index contributed by atoms with van der Waals surface area (Å²) >= 11 is 0. The highest BCUT2D eigenvalue weighted by Gasteiger charge is 2.25. The van der Waals surface area contributed by atoms with Gasteiger partial charge in [-0.25, -0.2) is 19.6 Å². The number of nitriles is 2. The minimum atomic E-state index is -0.841. The number of hydrogen-bond acceptors (Lipinski definition) is 13. The number of H-pyrrole nitrogens is 1. The van der Waals surface area contributed by atoms with E-state index < -0.39 is 29.1 Å². The molecule has 4 amide bonds. The number of benzene rings is 3. The fourth-order valence-electron chi connectivity index (χ4n) is 6.49. The number of nitro groups is 1. The van der Waals surface area contributed by atoms with Crippen molar-refractivity contribution in [3.63, 3.8) is 0 Å². The van der Waals surface area contributed by atoms with Gasteiger partial charge in [0.05, 0.1) is 42.3 Å². The number of carbonyl (C=O) groups excluding carboxylic acids is 4. The zero-order valence-electron chi connectivity index (χ0n) is 33.6. The second-order valence-electron chi connectivity index (χ2n) is 13.7. The molecule has 65 heavy (non-hydrogen) atoms. The summed E-state index contributed by atoms with van der Waals surface area (Å²) in [5.41, 5.74) is 6.41. The maximum atomic E-state index is 12.5. The van der Waals surface area contributed by atoms with Gasteiger partial charge < -0.3 is 26.0 Å². The maximum absolute atomic E-state index is 12.5. The second kappa shape index (κ2) is 21.0. The van der Waals surface area contributed by atoms with Crippen LogP contribution in [0.4, 0.5) is 26.9 Å². The lowest BCUT2D eigenvalue weighted by atomic mass is 10.0. The third kappa shape index (κ3) is 11.2. The molecule has 0 saturated heterocycles. The van der Waals surface area contributed by atoms with Crippen LogP contribution < -0.4 is 26.0 Å². The van der Waals surface area contributed by atoms with Crippen LogP contribution in [-0.2, 0) is 22.4 Å². The van der Waals surface area contributed by atoms with Gasteiger partial charge in [0, 0.05) is 59.2 Å². The summed E-state index contributed by atoms with van der Waals surface area (Å²) < 4.78 is 6.12. The normalized spacial score (nSPS) is 12.5. The van der Waals surface area contributed by atoms with Gasteiger partial charge in [-0.2, -0.15) is 25.4 Å². The lowest BCUT2D eigenvalue weighted by molar-refractivity contribution is -0.384. The molecule has 2 aliphatic heterocycles. The van der Waals surface area contributed by atoms with Crippen LogP contribution in [0.3, 0.4) is 0 Å². The summed E-state index contributed by atoms with van der Waals surface area (Å²) in [6, 6.07) is 28.3. The number of nitro benzene ring substituents is 1. The van der Waals surface area contributed by atoms with Gasteiger partial charge in [0.15, 0.2) is 0 Å². The van der Waals surface area contributed by atoms with Crippen LogP contribution >= 0.6 is 12.4 Å². The summed E-state index contributed by atoms with van der Waals surface area (Å²) in [6.45, 7) is 0. The quantitative estimate of drug-likeness (QED) is 0.0795. The van der Waals surface area contributed by atoms with Crippen molar-refractivity contribution in [1.29, 1.82) is 10.5 Å². The lowest BCUT2D eigenvalue weighted by Crippen LogP contribution is -2.32. The average Bonchev–Trinajstić information content (AvgIpc) is 4.16. The summed E-state index contributed by atoms with van der Waals surface area (Å²) in [5, 5.41) is 50.2. The van der Waals surface area contributed by atoms with Crippen LogP contribution in [0.15, 0.2) is 134 Å². The van der Waals surface area contributed by atoms with E-state index in [1.807, 2.05) is 18.2 Å². The van der Waals surface area contributed by atoms with Crippen LogP contribution in [0.2, 0.25) is 0 Å². The van der Waals surface area contributed by atoms with Crippen molar-refractivity contribution < 1.29 is 28.8 Å². The molecular formula is C44H34ClN13O7. The third-order valence-corrected chi connectivity index (χ3v) is 9.52. The van der Waals surface area contributed by atoms with Crippen molar-refractivity contribution >= 4 is 53.7 Å². The Morgan fingerprint density at radius 3 is 1.80 bits per heavy atom. The summed E-state index contributed by atoms with van der Waals surface area (Å²) in [4.78, 5) is 65.3. The monoisotopic (exact) mass is 891 g/mol. The minimum Gasteiger partial charge on any atom is -0.410 e. The van der Waals surface area contributed by atoms with E-state index in [2.05, 4.69) is 52.6 Å². The Kier molecular flexibility index (Phi) is 14.6. The molecule has 0 bridgehead atoms. The molecule has 9 rings (SSSR count). The highest BCUT2D eigenvalue weighted by molar-refractivity contribution is 6.01. The molecule has 0 fully saturated rings. The SMILES string of the molecule is Cl.N#CC(NC(=O)Oc1ccc([N+](=O)[O-])cc1)c1ccccc1.N#CC(NC(=O)n1cc(-c2ccnc3c2CC(=O)N3)cn1)c1ccccc1.O=C1Cc2c(-c3cn[nH]c3)ccnc2N1. The van der Waals surface area contributed by atoms with E-state index in [1.54, 1.807) is 97.8 Å². The van der Waals surface area contributed by atoms with Crippen LogP contribution in [0.5, 0.6) is 5.75 Å². The predicted octanol–water partition coefficient (Wildman–Crippen LogP) is 6.60. The number of nitrogens with one attached hydrogen (secondary N) is 5. The number of amides is 4. The molecule has 3 aromatic carbocycles. The second-order valence-corrected chi connectivity index (χ2v) is 13.7. The summed E-state index contributed by atoms with van der Waals surface area (Å²) in [7, 11) is 0. The topological polar surface area (TPSA) is 289 Å². The van der Waals surface area contributed by atoms with Crippen molar-refractivity contribution in [3.05, 3.63) is 167 Å². The maximum Gasteiger partial charge on any atom is 0.413 e. The highest BCUT2D eigenvalue weighted by Crippen LogP contribution is 2.32. The first-order valence-electron chi connectivity index (χ1n) is 19.1. The number of nitrogens with zero attached hydrogens (tertiary/aromatic N) is 8. The van der Waals surface area contributed by atoms with E-state index in [0.717, 1.165) is 32.5 Å². The molecule has 0 aliphatic carbocycles. The van der Waals surface area contributed by atoms with Crippen molar-refractivity contribution in [2.75, 3.05) is 10.6 Å². The standard InChI is InChI=1S/C19H14N6O2.C15H11N3O4.C10H8N4O.ClH/c20-9-16(12-4-2-1-3-5-12)23-19(27)25-11-13(10-22-25)14-6-7-21-18-15(14)8-17(26)24-18;16-10-14(11-4-2-1-3-5-11)17-15(19)22-13-8-6-12(7-9-13)18(20)21;15-9-3-8-7(6-4-12-13-5-6)1-2-11-10(8)14-9;/h1-7,10-11,16H,8H2,(H,23,27)(H,21,24,26);1-9,14H,(H,17,19);1-2,4-5H,3H2,(H,12,13)(H,11,14,15);1H. The molecule has 324 valence electrons. The van der Waals surface area contributed by atoms with Gasteiger partial charge in [-0.05, 0) is 46.5 Å². The van der Waals surface area contributed by atoms with E-state index in [1.165, 1.54) is 24.3 Å². The Hall–Kier alpha value is -9.27. The van der Waals surface area contributed by atoms with Gasteiger partial charge in [0.2, 0.25) is 11.8 Å². The highest BCUT2D eigenvalue weighted by atomic mass is 35.5. The molecule has 2 aliphatic rings. The first-order valence-corrected chi connectivity index (χ1v) is 19.1. The van der Waals surface area contributed by atoms with E-state index in [-0.39, 0.29) is 42.1 Å². The number of hydrogen-bond donors (Lipinski definition) is 5. The molecule has 7 aromatic rings. The molecule has 21 heteroatoms. The largest absolute Gasteiger partial charge is 0.413 e. The zero-order chi connectivity index (χ0) is 45.0. The van der Waals surface area contributed by atoms with Gasteiger partial charge in [-0.1, -0.05) is 60.7 Å². The first kappa shape index (κ1) is 45.3. The number of rotatable bonds is 8. The van der Waals surface area contributed by atoms with Crippen LogP contribution in [-0.4, -0.2) is 58.8 Å². The molecule has 0 spiro atoms. The number of anilines is 2. The van der Waals surface area contributed by atoms with E-state index >= 15 is 0 Å². The molecular weight excluding hydrogens is 858 g/mol. The fourth-order valence-corrected chi connectivity index (χ4v) is 6.49. The first-order chi connectivity index (χ1) is 31.1. The van der Waals surface area contributed by atoms with E-state index in [0.29, 0.717) is 34.7 Å². The van der Waals surface area contributed by atoms with Crippen LogP contribution in [0.1, 0.15) is 34.3 Å². The Bertz CT molecular complexity index is 2920. The zero-order valence-corrected chi connectivity index (χ0v) is 34.4. The Morgan fingerprint density at radius 1 is 0.754 bits per heavy atom. The van der Waals surface area contributed by atoms with Crippen molar-refractivity contribution in [2.45, 2.75) is 24.9 Å². The molecule has 4 aromatic heterocycles. The number of non-ortho nitro benzene ring substituents is 1. The third-order valence-electron chi connectivity index (χ3n) is 9.52. The average molecular weight is 892 g/mol. The number of aromatic amines is 1. The number of fused-ring (bicyclic) bond motifs is 2. The number of ether oxygens (including phenoxy) is 1. The van der Waals surface area contributed by atoms with Gasteiger partial charge >= 0.3 is 12.1 Å². The Balaban J connectivity index is 0.000000166. The van der Waals surface area contributed by atoms with Crippen LogP contribution in [0.25, 0.3) is 22.3 Å². The van der Waals surface area contributed by atoms with Crippen LogP contribution in [0, 0.1) is 32.8 Å². The fraction of sp³-hybridized carbons (Fsp3) is 0.0909. The minimum absolute atomic E-state index is 0. The van der Waals surface area contributed by atoms with Crippen molar-refractivity contribution in [2.24, 2.45) is 0 Å². The smallest absolute Gasteiger partial charge is 0.410 e. The molecule has 0 radical (unpaired) electrons. The number of halogens is 1. The number of pyridine rings is 2. The Labute approximate surface area is 374 Å². The van der Waals surface area contributed by atoms with E-state index in [9.17, 15) is 34.6 Å². The number of carbonyl (C=O) groups is 4. The Morgan fingerprint density at radius 2 is 1.29 bits per heavy atom. The summed E-state index contributed by atoms with van der Waals surface area (Å²) in [5.74, 6) is 1.22.